The highest BCUT2D eigenvalue weighted by atomic mass is 127. The lowest BCUT2D eigenvalue weighted by Gasteiger charge is -2.31. The average molecular weight is 297 g/mol. The van der Waals surface area contributed by atoms with Gasteiger partial charge in [-0.3, -0.25) is 0 Å². The molecule has 0 aromatic carbocycles. The Labute approximate surface area is 93.1 Å². The van der Waals surface area contributed by atoms with Gasteiger partial charge >= 0.3 is 6.03 Å². The van der Waals surface area contributed by atoms with Gasteiger partial charge in [0, 0.05) is 55.1 Å². The summed E-state index contributed by atoms with van der Waals surface area (Å²) in [6.45, 7) is 7.56. The molecular weight excluding hydrogens is 281 g/mol. The van der Waals surface area contributed by atoms with Gasteiger partial charge in [0.25, 0.3) is 0 Å². The lowest BCUT2D eigenvalue weighted by Crippen LogP contribution is -2.50. The van der Waals surface area contributed by atoms with Gasteiger partial charge in [-0.25, -0.2) is 7.91 Å². The fourth-order valence-electron chi connectivity index (χ4n) is 1.22. The molecule has 1 fully saturated rings. The number of halogens is 1. The molecule has 1 rings (SSSR count). The molecule has 0 aromatic rings. The van der Waals surface area contributed by atoms with Gasteiger partial charge in [0.1, 0.15) is 0 Å². The second-order valence-electron chi connectivity index (χ2n) is 3.50. The Morgan fingerprint density at radius 2 is 1.85 bits per heavy atom. The van der Waals surface area contributed by atoms with Crippen LogP contribution in [0, 0.1) is 0 Å². The van der Waals surface area contributed by atoms with Crippen molar-refractivity contribution >= 4 is 28.9 Å². The fraction of sp³-hybridized carbons (Fsp3) is 0.875. The summed E-state index contributed by atoms with van der Waals surface area (Å²) < 4.78 is 2.21. The van der Waals surface area contributed by atoms with Gasteiger partial charge < -0.3 is 10.2 Å². The highest BCUT2D eigenvalue weighted by molar-refractivity contribution is 14.1. The molecule has 76 valence electrons. The van der Waals surface area contributed by atoms with E-state index in [9.17, 15) is 4.79 Å². The first-order valence-corrected chi connectivity index (χ1v) is 5.52. The summed E-state index contributed by atoms with van der Waals surface area (Å²) in [6, 6.07) is 0.296. The van der Waals surface area contributed by atoms with Crippen LogP contribution in [0.3, 0.4) is 0 Å². The molecule has 1 saturated heterocycles. The van der Waals surface area contributed by atoms with E-state index in [4.69, 9.17) is 0 Å². The molecule has 0 spiro atoms. The number of carbonyl (C=O) groups is 1. The lowest BCUT2D eigenvalue weighted by atomic mass is 10.3. The van der Waals surface area contributed by atoms with Gasteiger partial charge in [-0.15, -0.1) is 0 Å². The summed E-state index contributed by atoms with van der Waals surface area (Å²) in [7, 11) is 0. The average Bonchev–Trinajstić information content (AvgIpc) is 2.04. The Morgan fingerprint density at radius 1 is 1.31 bits per heavy atom. The highest BCUT2D eigenvalue weighted by Gasteiger charge is 2.19. The zero-order valence-corrected chi connectivity index (χ0v) is 10.2. The molecule has 1 aliphatic rings. The molecule has 1 heterocycles. The first-order valence-electron chi connectivity index (χ1n) is 4.56. The van der Waals surface area contributed by atoms with Crippen LogP contribution in [0.4, 0.5) is 4.79 Å². The largest absolute Gasteiger partial charge is 0.336 e. The molecule has 1 aliphatic heterocycles. The summed E-state index contributed by atoms with van der Waals surface area (Å²) in [5, 5.41) is 2.89. The van der Waals surface area contributed by atoms with Crippen LogP contribution in [0.2, 0.25) is 0 Å². The Hall–Kier alpha value is -0.0400. The molecule has 2 amide bonds. The fourth-order valence-corrected chi connectivity index (χ4v) is 1.65. The van der Waals surface area contributed by atoms with Crippen LogP contribution >= 0.6 is 22.9 Å². The number of urea groups is 1. The van der Waals surface area contributed by atoms with Gasteiger partial charge in [-0.1, -0.05) is 0 Å². The Bertz CT molecular complexity index is 178. The van der Waals surface area contributed by atoms with Crippen molar-refractivity contribution in [1.82, 2.24) is 13.3 Å². The monoisotopic (exact) mass is 297 g/mol. The Morgan fingerprint density at radius 3 is 2.31 bits per heavy atom. The number of nitrogens with zero attached hydrogens (tertiary/aromatic N) is 2. The molecule has 0 saturated carbocycles. The molecule has 0 atom stereocenters. The van der Waals surface area contributed by atoms with Crippen LogP contribution in [0.15, 0.2) is 0 Å². The second kappa shape index (κ2) is 4.99. The number of amides is 2. The van der Waals surface area contributed by atoms with Crippen molar-refractivity contribution in [1.29, 1.82) is 0 Å². The number of rotatable bonds is 1. The van der Waals surface area contributed by atoms with Crippen LogP contribution in [-0.4, -0.2) is 46.3 Å². The predicted octanol–water partition coefficient (Wildman–Crippen LogP) is 1.07. The van der Waals surface area contributed by atoms with E-state index >= 15 is 0 Å². The number of hydrogen-bond donors (Lipinski definition) is 1. The molecule has 0 aromatic heterocycles. The summed E-state index contributed by atoms with van der Waals surface area (Å²) in [4.78, 5) is 13.4. The minimum Gasteiger partial charge on any atom is -0.336 e. The minimum atomic E-state index is 0.0690. The molecule has 0 aliphatic carbocycles. The molecule has 0 bridgehead atoms. The molecule has 0 unspecified atom stereocenters. The third-order valence-electron chi connectivity index (χ3n) is 1.92. The van der Waals surface area contributed by atoms with Gasteiger partial charge in [-0.2, -0.15) is 0 Å². The maximum absolute atomic E-state index is 11.5. The van der Waals surface area contributed by atoms with Crippen LogP contribution in [0.25, 0.3) is 0 Å². The maximum atomic E-state index is 11.5. The first kappa shape index (κ1) is 11.0. The van der Waals surface area contributed by atoms with Crippen molar-refractivity contribution in [2.75, 3.05) is 26.2 Å². The van der Waals surface area contributed by atoms with Crippen LogP contribution in [0.5, 0.6) is 0 Å². The summed E-state index contributed by atoms with van der Waals surface area (Å²) in [5.74, 6) is 0. The standard InChI is InChI=1S/C8H16IN3O/c1-7(2)10-8(13)11-3-5-12(9)6-4-11/h7H,3-6H2,1-2H3,(H,10,13). The molecule has 4 nitrogen and oxygen atoms in total. The lowest BCUT2D eigenvalue weighted by molar-refractivity contribution is 0.177. The minimum absolute atomic E-state index is 0.0690. The van der Waals surface area contributed by atoms with Gasteiger partial charge in [0.05, 0.1) is 0 Å². The SMILES string of the molecule is CC(C)NC(=O)N1CCN(I)CC1. The smallest absolute Gasteiger partial charge is 0.317 e. The third kappa shape index (κ3) is 3.68. The normalized spacial score (nSPS) is 19.2. The Kier molecular flexibility index (Phi) is 4.24. The maximum Gasteiger partial charge on any atom is 0.317 e. The number of carbonyl (C=O) groups excluding carboxylic acids is 1. The van der Waals surface area contributed by atoms with Crippen molar-refractivity contribution in [2.24, 2.45) is 0 Å². The van der Waals surface area contributed by atoms with E-state index in [2.05, 4.69) is 31.3 Å². The first-order chi connectivity index (χ1) is 6.09. The van der Waals surface area contributed by atoms with E-state index < -0.39 is 0 Å². The van der Waals surface area contributed by atoms with Crippen molar-refractivity contribution in [2.45, 2.75) is 19.9 Å². The predicted molar refractivity (Wildman–Crippen MR) is 60.8 cm³/mol. The van der Waals surface area contributed by atoms with Crippen molar-refractivity contribution in [3.63, 3.8) is 0 Å². The zero-order chi connectivity index (χ0) is 9.84. The molecule has 5 heteroatoms. The van der Waals surface area contributed by atoms with Crippen molar-refractivity contribution < 1.29 is 4.79 Å². The number of nitrogens with one attached hydrogen (secondary N) is 1. The number of piperazine rings is 1. The van der Waals surface area contributed by atoms with E-state index in [0.717, 1.165) is 26.2 Å². The van der Waals surface area contributed by atoms with E-state index in [1.54, 1.807) is 0 Å². The Balaban J connectivity index is 2.31. The van der Waals surface area contributed by atoms with E-state index in [-0.39, 0.29) is 12.1 Å². The summed E-state index contributed by atoms with van der Waals surface area (Å²) in [5.41, 5.74) is 0. The van der Waals surface area contributed by atoms with Crippen molar-refractivity contribution in [3.05, 3.63) is 0 Å². The summed E-state index contributed by atoms with van der Waals surface area (Å²) >= 11 is 2.29. The van der Waals surface area contributed by atoms with Crippen LogP contribution < -0.4 is 5.32 Å². The van der Waals surface area contributed by atoms with Crippen LogP contribution in [-0.2, 0) is 0 Å². The topological polar surface area (TPSA) is 35.6 Å². The molecule has 1 N–H and O–H groups in total. The van der Waals surface area contributed by atoms with E-state index in [1.807, 2.05) is 18.7 Å². The van der Waals surface area contributed by atoms with Gasteiger partial charge in [0.15, 0.2) is 0 Å². The molecule has 13 heavy (non-hydrogen) atoms. The van der Waals surface area contributed by atoms with Gasteiger partial charge in [0.2, 0.25) is 0 Å². The van der Waals surface area contributed by atoms with E-state index in [1.165, 1.54) is 0 Å². The van der Waals surface area contributed by atoms with Gasteiger partial charge in [-0.05, 0) is 13.8 Å². The number of hydrogen-bond acceptors (Lipinski definition) is 2. The van der Waals surface area contributed by atoms with Crippen molar-refractivity contribution in [3.8, 4) is 0 Å². The highest BCUT2D eigenvalue weighted by Crippen LogP contribution is 2.06. The summed E-state index contributed by atoms with van der Waals surface area (Å²) in [6.07, 6.45) is 0. The second-order valence-corrected chi connectivity index (χ2v) is 4.87. The zero-order valence-electron chi connectivity index (χ0n) is 8.09. The van der Waals surface area contributed by atoms with Crippen LogP contribution in [0.1, 0.15) is 13.8 Å². The molecule has 0 radical (unpaired) electrons. The molecular formula is C8H16IN3O. The third-order valence-corrected chi connectivity index (χ3v) is 2.89. The van der Waals surface area contributed by atoms with E-state index in [0.29, 0.717) is 0 Å². The quantitative estimate of drug-likeness (QED) is 0.580.